The van der Waals surface area contributed by atoms with Gasteiger partial charge in [0.1, 0.15) is 10.0 Å². The van der Waals surface area contributed by atoms with Crippen molar-refractivity contribution in [1.29, 1.82) is 0 Å². The summed E-state index contributed by atoms with van der Waals surface area (Å²) in [5.74, 6) is 0. The number of benzene rings is 1. The van der Waals surface area contributed by atoms with Crippen LogP contribution in [0, 0.1) is 6.92 Å². The minimum absolute atomic E-state index is 1.03. The van der Waals surface area contributed by atoms with Gasteiger partial charge in [-0.1, -0.05) is 48.1 Å². The maximum atomic E-state index is 4.20. The molecule has 0 radical (unpaired) electrons. The molecule has 78 valence electrons. The van der Waals surface area contributed by atoms with Gasteiger partial charge in [0.15, 0.2) is 0 Å². The van der Waals surface area contributed by atoms with Gasteiger partial charge in [-0.15, -0.1) is 10.2 Å². The van der Waals surface area contributed by atoms with Crippen molar-refractivity contribution in [1.82, 2.24) is 10.2 Å². The number of nitrogens with zero attached hydrogens (tertiary/aromatic N) is 2. The molecule has 2 aromatic rings. The third-order valence-corrected chi connectivity index (χ3v) is 3.26. The molecule has 0 saturated heterocycles. The molecule has 0 atom stereocenters. The van der Waals surface area contributed by atoms with E-state index in [0.717, 1.165) is 22.9 Å². The highest BCUT2D eigenvalue weighted by molar-refractivity contribution is 7.14. The molecule has 1 aromatic carbocycles. The molecule has 1 heterocycles. The van der Waals surface area contributed by atoms with Crippen molar-refractivity contribution in [3.63, 3.8) is 0 Å². The lowest BCUT2D eigenvalue weighted by Gasteiger charge is -1.95. The van der Waals surface area contributed by atoms with Gasteiger partial charge in [0.05, 0.1) is 0 Å². The van der Waals surface area contributed by atoms with Crippen LogP contribution in [-0.2, 0) is 6.42 Å². The highest BCUT2D eigenvalue weighted by Gasteiger charge is 2.05. The second kappa shape index (κ2) is 4.53. The van der Waals surface area contributed by atoms with Crippen molar-refractivity contribution in [3.05, 3.63) is 34.8 Å². The van der Waals surface area contributed by atoms with Crippen LogP contribution in [0.1, 0.15) is 23.9 Å². The average molecular weight is 218 g/mol. The Hall–Kier alpha value is -1.22. The maximum Gasteiger partial charge on any atom is 0.147 e. The molecule has 0 aliphatic heterocycles. The fraction of sp³-hybridized carbons (Fsp3) is 0.333. The van der Waals surface area contributed by atoms with E-state index in [0.29, 0.717) is 0 Å². The van der Waals surface area contributed by atoms with E-state index in [-0.39, 0.29) is 0 Å². The van der Waals surface area contributed by atoms with Gasteiger partial charge in [-0.2, -0.15) is 0 Å². The van der Waals surface area contributed by atoms with Gasteiger partial charge in [0, 0.05) is 12.0 Å². The van der Waals surface area contributed by atoms with Crippen molar-refractivity contribution in [3.8, 4) is 10.6 Å². The van der Waals surface area contributed by atoms with E-state index in [2.05, 4.69) is 48.3 Å². The second-order valence-corrected chi connectivity index (χ2v) is 4.68. The Kier molecular flexibility index (Phi) is 3.11. The Labute approximate surface area is 94.0 Å². The minimum Gasteiger partial charge on any atom is -0.143 e. The lowest BCUT2D eigenvalue weighted by atomic mass is 10.2. The van der Waals surface area contributed by atoms with E-state index in [1.165, 1.54) is 11.1 Å². The minimum atomic E-state index is 1.03. The summed E-state index contributed by atoms with van der Waals surface area (Å²) in [7, 11) is 0. The van der Waals surface area contributed by atoms with Crippen LogP contribution in [0.2, 0.25) is 0 Å². The SMILES string of the molecule is CCCc1nnc(-c2ccc(C)cc2)s1. The van der Waals surface area contributed by atoms with Gasteiger partial charge in [-0.3, -0.25) is 0 Å². The van der Waals surface area contributed by atoms with Crippen LogP contribution in [-0.4, -0.2) is 10.2 Å². The zero-order valence-electron chi connectivity index (χ0n) is 9.03. The molecule has 0 fully saturated rings. The quantitative estimate of drug-likeness (QED) is 0.788. The highest BCUT2D eigenvalue weighted by Crippen LogP contribution is 2.24. The monoisotopic (exact) mass is 218 g/mol. The van der Waals surface area contributed by atoms with Gasteiger partial charge in [-0.25, -0.2) is 0 Å². The molecule has 2 nitrogen and oxygen atoms in total. The Balaban J connectivity index is 2.25. The summed E-state index contributed by atoms with van der Waals surface area (Å²) >= 11 is 1.69. The van der Waals surface area contributed by atoms with Gasteiger partial charge in [0.2, 0.25) is 0 Å². The normalized spacial score (nSPS) is 10.5. The fourth-order valence-electron chi connectivity index (χ4n) is 1.38. The first-order chi connectivity index (χ1) is 7.29. The number of aromatic nitrogens is 2. The van der Waals surface area contributed by atoms with Crippen molar-refractivity contribution in [2.45, 2.75) is 26.7 Å². The molecule has 0 amide bonds. The van der Waals surface area contributed by atoms with Crippen LogP contribution in [0.25, 0.3) is 10.6 Å². The van der Waals surface area contributed by atoms with Gasteiger partial charge in [0.25, 0.3) is 0 Å². The Morgan fingerprint density at radius 2 is 1.87 bits per heavy atom. The predicted octanol–water partition coefficient (Wildman–Crippen LogP) is 3.47. The molecule has 3 heteroatoms. The van der Waals surface area contributed by atoms with E-state index in [1.807, 2.05) is 0 Å². The van der Waals surface area contributed by atoms with Crippen LogP contribution >= 0.6 is 11.3 Å². The first-order valence-electron chi connectivity index (χ1n) is 5.19. The molecule has 0 N–H and O–H groups in total. The Morgan fingerprint density at radius 3 is 2.53 bits per heavy atom. The standard InChI is InChI=1S/C12H14N2S/c1-3-4-11-13-14-12(15-11)10-7-5-9(2)6-8-10/h5-8H,3-4H2,1-2H3. The molecule has 2 rings (SSSR count). The van der Waals surface area contributed by atoms with Gasteiger partial charge < -0.3 is 0 Å². The zero-order valence-corrected chi connectivity index (χ0v) is 9.84. The third-order valence-electron chi connectivity index (χ3n) is 2.23. The van der Waals surface area contributed by atoms with E-state index < -0.39 is 0 Å². The van der Waals surface area contributed by atoms with Crippen LogP contribution in [0.15, 0.2) is 24.3 Å². The lowest BCUT2D eigenvalue weighted by Crippen LogP contribution is -1.80. The molecule has 0 bridgehead atoms. The third kappa shape index (κ3) is 2.42. The molecule has 15 heavy (non-hydrogen) atoms. The van der Waals surface area contributed by atoms with Crippen molar-refractivity contribution in [2.24, 2.45) is 0 Å². The summed E-state index contributed by atoms with van der Waals surface area (Å²) in [6, 6.07) is 8.42. The molecule has 0 aliphatic carbocycles. The van der Waals surface area contributed by atoms with Crippen molar-refractivity contribution in [2.75, 3.05) is 0 Å². The van der Waals surface area contributed by atoms with Gasteiger partial charge >= 0.3 is 0 Å². The van der Waals surface area contributed by atoms with Crippen molar-refractivity contribution >= 4 is 11.3 Å². The molecular formula is C12H14N2S. The summed E-state index contributed by atoms with van der Waals surface area (Å²) in [4.78, 5) is 0. The summed E-state index contributed by atoms with van der Waals surface area (Å²) in [6.07, 6.45) is 2.16. The number of rotatable bonds is 3. The number of aryl methyl sites for hydroxylation is 2. The van der Waals surface area contributed by atoms with Crippen molar-refractivity contribution < 1.29 is 0 Å². The zero-order chi connectivity index (χ0) is 10.7. The number of hydrogen-bond donors (Lipinski definition) is 0. The highest BCUT2D eigenvalue weighted by atomic mass is 32.1. The van der Waals surface area contributed by atoms with E-state index >= 15 is 0 Å². The summed E-state index contributed by atoms with van der Waals surface area (Å²) in [5, 5.41) is 10.5. The summed E-state index contributed by atoms with van der Waals surface area (Å²) in [6.45, 7) is 4.25. The smallest absolute Gasteiger partial charge is 0.143 e. The van der Waals surface area contributed by atoms with Crippen LogP contribution in [0.3, 0.4) is 0 Å². The summed E-state index contributed by atoms with van der Waals surface area (Å²) in [5.41, 5.74) is 2.44. The molecule has 0 spiro atoms. The Bertz CT molecular complexity index is 431. The molecule has 0 aliphatic rings. The second-order valence-electron chi connectivity index (χ2n) is 3.62. The van der Waals surface area contributed by atoms with Gasteiger partial charge in [-0.05, 0) is 13.3 Å². The van der Waals surface area contributed by atoms with E-state index in [9.17, 15) is 0 Å². The maximum absolute atomic E-state index is 4.20. The first-order valence-corrected chi connectivity index (χ1v) is 6.00. The Morgan fingerprint density at radius 1 is 1.13 bits per heavy atom. The molecular weight excluding hydrogens is 204 g/mol. The number of hydrogen-bond acceptors (Lipinski definition) is 3. The van der Waals surface area contributed by atoms with Crippen LogP contribution < -0.4 is 0 Å². The predicted molar refractivity (Wildman–Crippen MR) is 64.1 cm³/mol. The first kappa shape index (κ1) is 10.3. The van der Waals surface area contributed by atoms with E-state index in [1.54, 1.807) is 11.3 Å². The van der Waals surface area contributed by atoms with Crippen LogP contribution in [0.5, 0.6) is 0 Å². The molecule has 0 saturated carbocycles. The molecule has 0 unspecified atom stereocenters. The lowest BCUT2D eigenvalue weighted by molar-refractivity contribution is 0.879. The van der Waals surface area contributed by atoms with E-state index in [4.69, 9.17) is 0 Å². The topological polar surface area (TPSA) is 25.8 Å². The average Bonchev–Trinajstić information content (AvgIpc) is 2.68. The fourth-order valence-corrected chi connectivity index (χ4v) is 2.33. The summed E-state index contributed by atoms with van der Waals surface area (Å²) < 4.78 is 0. The van der Waals surface area contributed by atoms with Crippen LogP contribution in [0.4, 0.5) is 0 Å². The molecule has 1 aromatic heterocycles. The largest absolute Gasteiger partial charge is 0.147 e.